The van der Waals surface area contributed by atoms with E-state index in [1.807, 2.05) is 4.72 Å². The summed E-state index contributed by atoms with van der Waals surface area (Å²) in [7, 11) is -1.99. The van der Waals surface area contributed by atoms with E-state index in [2.05, 4.69) is 0 Å². The van der Waals surface area contributed by atoms with E-state index in [-0.39, 0.29) is 5.71 Å². The zero-order valence-corrected chi connectivity index (χ0v) is 13.3. The molecule has 1 aromatic carbocycles. The van der Waals surface area contributed by atoms with Gasteiger partial charge in [0, 0.05) is 6.07 Å². The molecule has 0 saturated carbocycles. The van der Waals surface area contributed by atoms with Crippen LogP contribution in [0.15, 0.2) is 18.2 Å². The number of urea groups is 1. The molecule has 1 aliphatic rings. The Hall–Kier alpha value is -2.36. The quantitative estimate of drug-likeness (QED) is 0.819. The van der Waals surface area contributed by atoms with Crippen LogP contribution in [-0.2, 0) is 14.8 Å². The molecule has 3 amide bonds. The predicted octanol–water partition coefficient (Wildman–Crippen LogP) is 0.770. The van der Waals surface area contributed by atoms with E-state index in [0.29, 0.717) is 11.0 Å². The molecule has 0 radical (unpaired) electrons. The van der Waals surface area contributed by atoms with Gasteiger partial charge in [-0.2, -0.15) is 14.3 Å². The van der Waals surface area contributed by atoms with Crippen LogP contribution in [0.25, 0.3) is 0 Å². The molecule has 10 heteroatoms. The molecule has 124 valence electrons. The number of imide groups is 1. The first kappa shape index (κ1) is 17.0. The summed E-state index contributed by atoms with van der Waals surface area (Å²) in [4.78, 5) is 24.6. The Bertz CT molecular complexity index is 836. The maximum absolute atomic E-state index is 13.6. The highest BCUT2D eigenvalue weighted by Gasteiger charge is 2.50. The lowest BCUT2D eigenvalue weighted by Crippen LogP contribution is -2.57. The Morgan fingerprint density at radius 2 is 1.87 bits per heavy atom. The summed E-state index contributed by atoms with van der Waals surface area (Å²) < 4.78 is 54.5. The summed E-state index contributed by atoms with van der Waals surface area (Å²) in [5.74, 6) is -2.81. The molecule has 0 spiro atoms. The van der Waals surface area contributed by atoms with E-state index in [1.54, 1.807) is 0 Å². The van der Waals surface area contributed by atoms with Gasteiger partial charge in [0.05, 0.1) is 19.8 Å². The predicted molar refractivity (Wildman–Crippen MR) is 77.7 cm³/mol. The first-order valence-corrected chi connectivity index (χ1v) is 7.96. The van der Waals surface area contributed by atoms with Crippen molar-refractivity contribution >= 4 is 33.4 Å². The Balaban J connectivity index is 2.49. The second kappa shape index (κ2) is 5.69. The van der Waals surface area contributed by atoms with Crippen molar-refractivity contribution in [3.63, 3.8) is 0 Å². The van der Waals surface area contributed by atoms with Crippen molar-refractivity contribution in [1.82, 2.24) is 4.90 Å². The second-order valence-corrected chi connectivity index (χ2v) is 6.80. The number of rotatable bonds is 3. The molecule has 0 aromatic heterocycles. The van der Waals surface area contributed by atoms with Crippen LogP contribution >= 0.6 is 0 Å². The SMILES string of the molecule is CC1=[N+](C)C(=O)N(C)C(=O)C1S(=O)(=O)Nc1cc(F)ccc1F. The summed E-state index contributed by atoms with van der Waals surface area (Å²) in [6.45, 7) is 1.30. The highest BCUT2D eigenvalue weighted by atomic mass is 32.2. The molecule has 0 saturated heterocycles. The van der Waals surface area contributed by atoms with Crippen molar-refractivity contribution < 1.29 is 31.4 Å². The third-order valence-electron chi connectivity index (χ3n) is 3.53. The fraction of sp³-hybridized carbons (Fsp3) is 0.308. The zero-order chi connectivity index (χ0) is 17.5. The topological polar surface area (TPSA) is 86.6 Å². The molecule has 0 bridgehead atoms. The maximum atomic E-state index is 13.6. The molecule has 1 unspecified atom stereocenters. The van der Waals surface area contributed by atoms with Crippen molar-refractivity contribution in [2.75, 3.05) is 18.8 Å². The molecule has 1 aromatic rings. The Labute approximate surface area is 131 Å². The number of hydrogen-bond acceptors (Lipinski definition) is 4. The van der Waals surface area contributed by atoms with Crippen molar-refractivity contribution in [3.05, 3.63) is 29.8 Å². The summed E-state index contributed by atoms with van der Waals surface area (Å²) in [5, 5.41) is -1.72. The standard InChI is InChI=1S/C13H14F2N3O4S/c1-7-11(12(19)18(3)13(20)17(7)2)23(21,22)16-10-6-8(14)4-5-9(10)15/h4-6,11,16H,1-3H3/q+1. The molecule has 0 fully saturated rings. The van der Waals surface area contributed by atoms with E-state index in [1.165, 1.54) is 14.0 Å². The molecule has 7 nitrogen and oxygen atoms in total. The third kappa shape index (κ3) is 2.93. The third-order valence-corrected chi connectivity index (χ3v) is 5.20. The van der Waals surface area contributed by atoms with Gasteiger partial charge in [-0.3, -0.25) is 4.72 Å². The van der Waals surface area contributed by atoms with Gasteiger partial charge in [-0.15, -0.1) is 0 Å². The minimum Gasteiger partial charge on any atom is -0.279 e. The van der Waals surface area contributed by atoms with Crippen LogP contribution in [0.1, 0.15) is 6.92 Å². The second-order valence-electron chi connectivity index (χ2n) is 5.03. The van der Waals surface area contributed by atoms with Gasteiger partial charge in [0.15, 0.2) is 0 Å². The van der Waals surface area contributed by atoms with Gasteiger partial charge in [-0.05, 0) is 19.1 Å². The lowest BCUT2D eigenvalue weighted by molar-refractivity contribution is -0.405. The maximum Gasteiger partial charge on any atom is 0.500 e. The molecule has 1 N–H and O–H groups in total. The number of sulfonamides is 1. The summed E-state index contributed by atoms with van der Waals surface area (Å²) in [5.41, 5.74) is -0.657. The Kier molecular flexibility index (Phi) is 4.20. The number of nitrogens with one attached hydrogen (secondary N) is 1. The van der Waals surface area contributed by atoms with E-state index >= 15 is 0 Å². The van der Waals surface area contributed by atoms with Crippen LogP contribution in [0.4, 0.5) is 19.3 Å². The number of carbonyl (C=O) groups excluding carboxylic acids is 2. The van der Waals surface area contributed by atoms with E-state index in [0.717, 1.165) is 23.8 Å². The largest absolute Gasteiger partial charge is 0.500 e. The first-order chi connectivity index (χ1) is 10.6. The van der Waals surface area contributed by atoms with Crippen LogP contribution in [-0.4, -0.2) is 54.9 Å². The number of anilines is 1. The highest BCUT2D eigenvalue weighted by molar-refractivity contribution is 7.94. The van der Waals surface area contributed by atoms with E-state index in [9.17, 15) is 26.8 Å². The summed E-state index contributed by atoms with van der Waals surface area (Å²) in [6, 6.07) is 1.56. The number of nitrogens with zero attached hydrogens (tertiary/aromatic N) is 2. The van der Waals surface area contributed by atoms with Crippen LogP contribution in [0.5, 0.6) is 0 Å². The van der Waals surface area contributed by atoms with Crippen LogP contribution in [0, 0.1) is 11.6 Å². The van der Waals surface area contributed by atoms with Crippen molar-refractivity contribution in [1.29, 1.82) is 0 Å². The van der Waals surface area contributed by atoms with Gasteiger partial charge in [-0.1, -0.05) is 0 Å². The van der Waals surface area contributed by atoms with Crippen molar-refractivity contribution in [3.8, 4) is 0 Å². The van der Waals surface area contributed by atoms with Gasteiger partial charge < -0.3 is 0 Å². The molecular weight excluding hydrogens is 332 g/mol. The number of hydrogen-bond donors (Lipinski definition) is 1. The molecule has 1 atom stereocenters. The van der Waals surface area contributed by atoms with Gasteiger partial charge in [-0.25, -0.2) is 22.0 Å². The highest BCUT2D eigenvalue weighted by Crippen LogP contribution is 2.21. The molecule has 2 rings (SSSR count). The van der Waals surface area contributed by atoms with Gasteiger partial charge in [0.1, 0.15) is 17.3 Å². The van der Waals surface area contributed by atoms with E-state index < -0.39 is 44.5 Å². The minimum atomic E-state index is -4.44. The normalized spacial score (nSPS) is 19.3. The molecular formula is C13H14F2N3O4S+. The Morgan fingerprint density at radius 3 is 2.48 bits per heavy atom. The molecule has 23 heavy (non-hydrogen) atoms. The zero-order valence-electron chi connectivity index (χ0n) is 12.5. The van der Waals surface area contributed by atoms with Crippen molar-refractivity contribution in [2.24, 2.45) is 0 Å². The van der Waals surface area contributed by atoms with Crippen molar-refractivity contribution in [2.45, 2.75) is 12.2 Å². The Morgan fingerprint density at radius 1 is 1.26 bits per heavy atom. The molecule has 1 heterocycles. The monoisotopic (exact) mass is 346 g/mol. The number of amides is 3. The van der Waals surface area contributed by atoms with Crippen LogP contribution < -0.4 is 4.72 Å². The minimum absolute atomic E-state index is 0.0394. The first-order valence-electron chi connectivity index (χ1n) is 6.41. The fourth-order valence-corrected chi connectivity index (χ4v) is 3.76. The van der Waals surface area contributed by atoms with Gasteiger partial charge in [0.2, 0.25) is 5.25 Å². The van der Waals surface area contributed by atoms with Gasteiger partial charge >= 0.3 is 11.9 Å². The average Bonchev–Trinajstić information content (AvgIpc) is 2.46. The lowest BCUT2D eigenvalue weighted by atomic mass is 10.2. The number of halogens is 2. The lowest BCUT2D eigenvalue weighted by Gasteiger charge is -2.23. The number of carbonyl (C=O) groups is 2. The molecule has 0 aliphatic carbocycles. The van der Waals surface area contributed by atoms with Crippen LogP contribution in [0.3, 0.4) is 0 Å². The van der Waals surface area contributed by atoms with E-state index in [4.69, 9.17) is 0 Å². The summed E-state index contributed by atoms with van der Waals surface area (Å²) >= 11 is 0. The fourth-order valence-electron chi connectivity index (χ4n) is 2.15. The van der Waals surface area contributed by atoms with Crippen LogP contribution in [0.2, 0.25) is 0 Å². The average molecular weight is 346 g/mol. The number of benzene rings is 1. The smallest absolute Gasteiger partial charge is 0.279 e. The van der Waals surface area contributed by atoms with Gasteiger partial charge in [0.25, 0.3) is 10.0 Å². The summed E-state index contributed by atoms with van der Waals surface area (Å²) in [6.07, 6.45) is 0. The molecule has 1 aliphatic heterocycles.